The molecule has 0 amide bonds. The van der Waals surface area contributed by atoms with Gasteiger partial charge in [0, 0.05) is 17.9 Å². The van der Waals surface area contributed by atoms with Crippen LogP contribution in [0.4, 0.5) is 5.69 Å². The third kappa shape index (κ3) is 2.31. The van der Waals surface area contributed by atoms with Crippen LogP contribution in [0.25, 0.3) is 11.4 Å². The first-order chi connectivity index (χ1) is 9.25. The molecule has 6 nitrogen and oxygen atoms in total. The number of nitrogens with two attached hydrogens (primary N) is 1. The highest BCUT2D eigenvalue weighted by molar-refractivity contribution is 5.65. The zero-order valence-electron chi connectivity index (χ0n) is 10.9. The number of hydrogen-bond acceptors (Lipinski definition) is 5. The molecule has 3 rings (SSSR count). The molecular weight excluding hydrogens is 242 g/mol. The number of nitrogen functional groups attached to an aromatic ring is 1. The molecule has 6 heteroatoms. The summed E-state index contributed by atoms with van der Waals surface area (Å²) in [6.07, 6.45) is 2.08. The molecule has 1 atom stereocenters. The Morgan fingerprint density at radius 2 is 2.32 bits per heavy atom. The Morgan fingerprint density at radius 1 is 1.42 bits per heavy atom. The molecule has 19 heavy (non-hydrogen) atoms. The van der Waals surface area contributed by atoms with Gasteiger partial charge in [0.05, 0.1) is 12.6 Å². The molecule has 2 N–H and O–H groups in total. The summed E-state index contributed by atoms with van der Waals surface area (Å²) in [4.78, 5) is 0. The summed E-state index contributed by atoms with van der Waals surface area (Å²) in [6.45, 7) is 3.52. The number of benzene rings is 1. The van der Waals surface area contributed by atoms with Crippen molar-refractivity contribution in [2.75, 3.05) is 18.9 Å². The highest BCUT2D eigenvalue weighted by Gasteiger charge is 2.22. The van der Waals surface area contributed by atoms with Gasteiger partial charge >= 0.3 is 0 Å². The number of aromatic nitrogens is 4. The molecule has 0 aliphatic carbocycles. The quantitative estimate of drug-likeness (QED) is 0.828. The zero-order valence-corrected chi connectivity index (χ0v) is 10.9. The van der Waals surface area contributed by atoms with Crippen LogP contribution in [0.15, 0.2) is 18.2 Å². The topological polar surface area (TPSA) is 78.9 Å². The maximum atomic E-state index is 5.86. The Balaban J connectivity index is 2.01. The third-order valence-electron chi connectivity index (χ3n) is 3.48. The predicted octanol–water partition coefficient (Wildman–Crippen LogP) is 1.58. The van der Waals surface area contributed by atoms with Crippen LogP contribution < -0.4 is 5.73 Å². The maximum absolute atomic E-state index is 5.86. The highest BCUT2D eigenvalue weighted by Crippen LogP contribution is 2.27. The average Bonchev–Trinajstić information content (AvgIpc) is 2.91. The zero-order chi connectivity index (χ0) is 13.2. The minimum atomic E-state index is 0.208. The normalized spacial score (nSPS) is 19.5. The van der Waals surface area contributed by atoms with E-state index < -0.39 is 0 Å². The summed E-state index contributed by atoms with van der Waals surface area (Å²) < 4.78 is 7.37. The molecular formula is C13H17N5O. The van der Waals surface area contributed by atoms with Crippen molar-refractivity contribution in [2.24, 2.45) is 0 Å². The molecule has 1 aromatic carbocycles. The van der Waals surface area contributed by atoms with Crippen molar-refractivity contribution < 1.29 is 4.74 Å². The molecule has 1 fully saturated rings. The SMILES string of the molecule is Cc1ccc(N)cc1-c1nnnn1C1CCCOC1. The second kappa shape index (κ2) is 4.97. The van der Waals surface area contributed by atoms with Crippen LogP contribution in [0.2, 0.25) is 0 Å². The Labute approximate surface area is 111 Å². The fraction of sp³-hybridized carbons (Fsp3) is 0.462. The van der Waals surface area contributed by atoms with Crippen molar-refractivity contribution in [3.05, 3.63) is 23.8 Å². The van der Waals surface area contributed by atoms with Gasteiger partial charge < -0.3 is 10.5 Å². The second-order valence-electron chi connectivity index (χ2n) is 4.89. The summed E-state index contributed by atoms with van der Waals surface area (Å²) in [5.41, 5.74) is 8.67. The number of nitrogens with zero attached hydrogens (tertiary/aromatic N) is 4. The van der Waals surface area contributed by atoms with E-state index in [-0.39, 0.29) is 6.04 Å². The number of anilines is 1. The Morgan fingerprint density at radius 3 is 3.11 bits per heavy atom. The van der Waals surface area contributed by atoms with Crippen molar-refractivity contribution in [2.45, 2.75) is 25.8 Å². The van der Waals surface area contributed by atoms with Crippen molar-refractivity contribution in [1.82, 2.24) is 20.2 Å². The molecule has 0 radical (unpaired) electrons. The summed E-state index contributed by atoms with van der Waals surface area (Å²) in [7, 11) is 0. The van der Waals surface area contributed by atoms with Crippen LogP contribution in [-0.2, 0) is 4.74 Å². The molecule has 100 valence electrons. The summed E-state index contributed by atoms with van der Waals surface area (Å²) >= 11 is 0. The van der Waals surface area contributed by atoms with Gasteiger partial charge in [-0.25, -0.2) is 4.68 Å². The van der Waals surface area contributed by atoms with Crippen molar-refractivity contribution in [1.29, 1.82) is 0 Å². The number of rotatable bonds is 2. The number of aryl methyl sites for hydroxylation is 1. The van der Waals surface area contributed by atoms with E-state index in [4.69, 9.17) is 10.5 Å². The summed E-state index contributed by atoms with van der Waals surface area (Å²) in [5, 5.41) is 12.1. The van der Waals surface area contributed by atoms with Crippen LogP contribution in [0.1, 0.15) is 24.4 Å². The van der Waals surface area contributed by atoms with Crippen molar-refractivity contribution in [3.8, 4) is 11.4 Å². The van der Waals surface area contributed by atoms with Gasteiger partial charge in [-0.15, -0.1) is 5.10 Å². The lowest BCUT2D eigenvalue weighted by atomic mass is 10.1. The monoisotopic (exact) mass is 259 g/mol. The molecule has 2 aromatic rings. The van der Waals surface area contributed by atoms with E-state index in [0.29, 0.717) is 6.61 Å². The number of tetrazole rings is 1. The average molecular weight is 259 g/mol. The maximum Gasteiger partial charge on any atom is 0.182 e. The smallest absolute Gasteiger partial charge is 0.182 e. The lowest BCUT2D eigenvalue weighted by Crippen LogP contribution is -2.23. The van der Waals surface area contributed by atoms with Crippen molar-refractivity contribution in [3.63, 3.8) is 0 Å². The van der Waals surface area contributed by atoms with Gasteiger partial charge in [-0.3, -0.25) is 0 Å². The van der Waals surface area contributed by atoms with Crippen LogP contribution >= 0.6 is 0 Å². The molecule has 1 unspecified atom stereocenters. The summed E-state index contributed by atoms with van der Waals surface area (Å²) in [6, 6.07) is 6.00. The molecule has 0 saturated carbocycles. The van der Waals surface area contributed by atoms with Gasteiger partial charge in [-0.2, -0.15) is 0 Å². The molecule has 2 heterocycles. The molecule has 1 aromatic heterocycles. The number of ether oxygens (including phenoxy) is 1. The van der Waals surface area contributed by atoms with Crippen LogP contribution in [0.3, 0.4) is 0 Å². The van der Waals surface area contributed by atoms with Gasteiger partial charge in [0.15, 0.2) is 5.82 Å². The first-order valence-electron chi connectivity index (χ1n) is 6.48. The molecule has 1 saturated heterocycles. The fourth-order valence-electron chi connectivity index (χ4n) is 2.41. The molecule has 1 aliphatic heterocycles. The minimum Gasteiger partial charge on any atom is -0.399 e. The fourth-order valence-corrected chi connectivity index (χ4v) is 2.41. The van der Waals surface area contributed by atoms with E-state index in [2.05, 4.69) is 15.5 Å². The van der Waals surface area contributed by atoms with Gasteiger partial charge in [0.25, 0.3) is 0 Å². The van der Waals surface area contributed by atoms with E-state index >= 15 is 0 Å². The Bertz CT molecular complexity index is 574. The van der Waals surface area contributed by atoms with E-state index in [1.165, 1.54) is 0 Å². The van der Waals surface area contributed by atoms with E-state index in [1.807, 2.05) is 29.8 Å². The van der Waals surface area contributed by atoms with Gasteiger partial charge in [0.2, 0.25) is 0 Å². The first kappa shape index (κ1) is 12.1. The van der Waals surface area contributed by atoms with Crippen LogP contribution in [-0.4, -0.2) is 33.4 Å². The summed E-state index contributed by atoms with van der Waals surface area (Å²) in [5.74, 6) is 0.764. The lowest BCUT2D eigenvalue weighted by Gasteiger charge is -2.23. The molecule has 1 aliphatic rings. The Kier molecular flexibility index (Phi) is 3.16. The van der Waals surface area contributed by atoms with E-state index in [1.54, 1.807) is 0 Å². The number of hydrogen-bond donors (Lipinski definition) is 1. The molecule has 0 bridgehead atoms. The van der Waals surface area contributed by atoms with E-state index in [0.717, 1.165) is 42.1 Å². The van der Waals surface area contributed by atoms with Crippen LogP contribution in [0, 0.1) is 6.92 Å². The standard InChI is InChI=1S/C13H17N5O/c1-9-4-5-10(14)7-12(9)13-15-16-17-18(13)11-3-2-6-19-8-11/h4-5,7,11H,2-3,6,8,14H2,1H3. The highest BCUT2D eigenvalue weighted by atomic mass is 16.5. The lowest BCUT2D eigenvalue weighted by molar-refractivity contribution is 0.0548. The van der Waals surface area contributed by atoms with E-state index in [9.17, 15) is 0 Å². The minimum absolute atomic E-state index is 0.208. The van der Waals surface area contributed by atoms with Crippen LogP contribution in [0.5, 0.6) is 0 Å². The predicted molar refractivity (Wildman–Crippen MR) is 71.5 cm³/mol. The van der Waals surface area contributed by atoms with Gasteiger partial charge in [-0.1, -0.05) is 6.07 Å². The van der Waals surface area contributed by atoms with Gasteiger partial charge in [-0.05, 0) is 47.9 Å². The second-order valence-corrected chi connectivity index (χ2v) is 4.89. The first-order valence-corrected chi connectivity index (χ1v) is 6.48. The van der Waals surface area contributed by atoms with Gasteiger partial charge in [0.1, 0.15) is 0 Å². The molecule has 0 spiro atoms. The largest absolute Gasteiger partial charge is 0.399 e. The van der Waals surface area contributed by atoms with Crippen molar-refractivity contribution >= 4 is 5.69 Å². The third-order valence-corrected chi connectivity index (χ3v) is 3.48. The Hall–Kier alpha value is -1.95.